The number of sulfonamides is 1. The number of unbranched alkanes of at least 4 members (excludes halogenated alkanes) is 3. The van der Waals surface area contributed by atoms with Gasteiger partial charge in [0.1, 0.15) is 0 Å². The number of rotatable bonds is 12. The van der Waals surface area contributed by atoms with E-state index < -0.39 is 10.0 Å². The van der Waals surface area contributed by atoms with Gasteiger partial charge in [-0.1, -0.05) is 18.9 Å². The lowest BCUT2D eigenvalue weighted by Gasteiger charge is -2.34. The van der Waals surface area contributed by atoms with Crippen LogP contribution in [-0.2, 0) is 26.1 Å². The zero-order valence-electron chi connectivity index (χ0n) is 20.7. The molecule has 36 heavy (non-hydrogen) atoms. The Morgan fingerprint density at radius 1 is 1.00 bits per heavy atom. The van der Waals surface area contributed by atoms with Crippen molar-refractivity contribution in [1.82, 2.24) is 19.5 Å². The Bertz CT molecular complexity index is 1070. The highest BCUT2D eigenvalue weighted by molar-refractivity contribution is 7.89. The lowest BCUT2D eigenvalue weighted by molar-refractivity contribution is -0.140. The third-order valence-electron chi connectivity index (χ3n) is 6.09. The first-order valence-electron chi connectivity index (χ1n) is 12.2. The van der Waals surface area contributed by atoms with Crippen LogP contribution in [0.4, 0.5) is 10.5 Å². The van der Waals surface area contributed by atoms with Crippen LogP contribution in [0.3, 0.4) is 0 Å². The van der Waals surface area contributed by atoms with E-state index in [0.717, 1.165) is 37.8 Å². The molecule has 196 valence electrons. The predicted octanol–water partition coefficient (Wildman–Crippen LogP) is 2.83. The van der Waals surface area contributed by atoms with E-state index in [9.17, 15) is 18.0 Å². The van der Waals surface area contributed by atoms with Gasteiger partial charge in [0.05, 0.1) is 12.0 Å². The number of carbonyl (C=O) groups excluding carboxylic acids is 2. The second-order valence-electron chi connectivity index (χ2n) is 8.68. The molecule has 0 radical (unpaired) electrons. The van der Waals surface area contributed by atoms with Crippen molar-refractivity contribution < 1.29 is 22.7 Å². The largest absolute Gasteiger partial charge is 0.469 e. The van der Waals surface area contributed by atoms with Gasteiger partial charge in [-0.25, -0.2) is 13.2 Å². The fourth-order valence-electron chi connectivity index (χ4n) is 3.97. The number of hydrogen-bond acceptors (Lipinski definition) is 7. The second kappa shape index (κ2) is 13.9. The van der Waals surface area contributed by atoms with Gasteiger partial charge in [-0.2, -0.15) is 4.31 Å². The summed E-state index contributed by atoms with van der Waals surface area (Å²) < 4.78 is 32.3. The van der Waals surface area contributed by atoms with Crippen LogP contribution in [-0.4, -0.2) is 74.4 Å². The molecule has 2 heterocycles. The molecule has 2 aromatic rings. The standard InChI is InChI=1S/C25H35N5O5S/c1-35-24(31)8-4-2-3-5-14-29-15-17-30(18-16-29)36(33,34)23-11-9-22(10-12-23)28-25(32)27-20-21-7-6-13-26-19-21/h6-7,9-13,19H,2-5,8,14-18,20H2,1H3,(H2,27,28,32). The third-order valence-corrected chi connectivity index (χ3v) is 8.00. The Morgan fingerprint density at radius 2 is 1.72 bits per heavy atom. The number of nitrogens with zero attached hydrogens (tertiary/aromatic N) is 3. The Morgan fingerprint density at radius 3 is 2.39 bits per heavy atom. The Balaban J connectivity index is 1.39. The molecular formula is C25H35N5O5S. The number of methoxy groups -OCH3 is 1. The normalized spacial score (nSPS) is 14.8. The molecule has 2 N–H and O–H groups in total. The van der Waals surface area contributed by atoms with Crippen molar-refractivity contribution in [3.63, 3.8) is 0 Å². The monoisotopic (exact) mass is 517 g/mol. The maximum absolute atomic E-state index is 13.1. The van der Waals surface area contributed by atoms with Crippen molar-refractivity contribution in [2.45, 2.75) is 43.5 Å². The minimum absolute atomic E-state index is 0.166. The zero-order valence-corrected chi connectivity index (χ0v) is 21.5. The number of amides is 2. The molecule has 1 fully saturated rings. The summed E-state index contributed by atoms with van der Waals surface area (Å²) in [6.07, 6.45) is 7.69. The number of piperazine rings is 1. The lowest BCUT2D eigenvalue weighted by atomic mass is 10.1. The number of pyridine rings is 1. The van der Waals surface area contributed by atoms with Crippen LogP contribution in [0.5, 0.6) is 0 Å². The van der Waals surface area contributed by atoms with Gasteiger partial charge in [-0.05, 0) is 55.3 Å². The Hall–Kier alpha value is -3.02. The first kappa shape index (κ1) is 27.6. The second-order valence-corrected chi connectivity index (χ2v) is 10.6. The van der Waals surface area contributed by atoms with Gasteiger partial charge in [0.15, 0.2) is 0 Å². The highest BCUT2D eigenvalue weighted by Gasteiger charge is 2.28. The van der Waals surface area contributed by atoms with Gasteiger partial charge in [0, 0.05) is 57.2 Å². The molecule has 1 aliphatic heterocycles. The third kappa shape index (κ3) is 8.58. The molecule has 3 rings (SSSR count). The zero-order chi connectivity index (χ0) is 25.8. The van der Waals surface area contributed by atoms with Crippen molar-refractivity contribution in [2.24, 2.45) is 0 Å². The topological polar surface area (TPSA) is 121 Å². The van der Waals surface area contributed by atoms with Crippen molar-refractivity contribution >= 4 is 27.7 Å². The molecule has 10 nitrogen and oxygen atoms in total. The first-order chi connectivity index (χ1) is 17.4. The molecule has 0 unspecified atom stereocenters. The average Bonchev–Trinajstić information content (AvgIpc) is 2.90. The molecule has 0 spiro atoms. The van der Waals surface area contributed by atoms with Gasteiger partial charge in [0.25, 0.3) is 0 Å². The van der Waals surface area contributed by atoms with E-state index in [-0.39, 0.29) is 16.9 Å². The van der Waals surface area contributed by atoms with E-state index in [0.29, 0.717) is 44.8 Å². The number of aromatic nitrogens is 1. The number of ether oxygens (including phenoxy) is 1. The van der Waals surface area contributed by atoms with Gasteiger partial charge >= 0.3 is 12.0 Å². The SMILES string of the molecule is COC(=O)CCCCCCN1CCN(S(=O)(=O)c2ccc(NC(=O)NCc3cccnc3)cc2)CC1. The van der Waals surface area contributed by atoms with Crippen molar-refractivity contribution in [2.75, 3.05) is 45.2 Å². The maximum atomic E-state index is 13.1. The number of benzene rings is 1. The lowest BCUT2D eigenvalue weighted by Crippen LogP contribution is -2.48. The van der Waals surface area contributed by atoms with Gasteiger partial charge in [0.2, 0.25) is 10.0 Å². The van der Waals surface area contributed by atoms with Crippen molar-refractivity contribution in [3.05, 3.63) is 54.4 Å². The van der Waals surface area contributed by atoms with Gasteiger partial charge in [-0.3, -0.25) is 9.78 Å². The van der Waals surface area contributed by atoms with Crippen LogP contribution in [0.25, 0.3) is 0 Å². The highest BCUT2D eigenvalue weighted by atomic mass is 32.2. The average molecular weight is 518 g/mol. The fraction of sp³-hybridized carbons (Fsp3) is 0.480. The van der Waals surface area contributed by atoms with Crippen molar-refractivity contribution in [3.8, 4) is 0 Å². The summed E-state index contributed by atoms with van der Waals surface area (Å²) in [7, 11) is -2.19. The van der Waals surface area contributed by atoms with Crippen LogP contribution in [0, 0.1) is 0 Å². The van der Waals surface area contributed by atoms with E-state index in [2.05, 4.69) is 25.3 Å². The summed E-state index contributed by atoms with van der Waals surface area (Å²) in [4.78, 5) is 29.7. The van der Waals surface area contributed by atoms with Crippen molar-refractivity contribution in [1.29, 1.82) is 0 Å². The van der Waals surface area contributed by atoms with E-state index in [1.807, 2.05) is 6.07 Å². The molecule has 0 bridgehead atoms. The van der Waals surface area contributed by atoms with Gasteiger partial charge in [-0.15, -0.1) is 0 Å². The van der Waals surface area contributed by atoms with E-state index in [1.165, 1.54) is 23.5 Å². The van der Waals surface area contributed by atoms with Crippen LogP contribution in [0.1, 0.15) is 37.7 Å². The maximum Gasteiger partial charge on any atom is 0.319 e. The molecular weight excluding hydrogens is 482 g/mol. The number of esters is 1. The Labute approximate surface area is 213 Å². The summed E-state index contributed by atoms with van der Waals surface area (Å²) in [5, 5.41) is 5.45. The van der Waals surface area contributed by atoms with Crippen LogP contribution >= 0.6 is 0 Å². The highest BCUT2D eigenvalue weighted by Crippen LogP contribution is 2.20. The summed E-state index contributed by atoms with van der Waals surface area (Å²) in [6.45, 7) is 3.54. The molecule has 0 saturated carbocycles. The molecule has 1 saturated heterocycles. The van der Waals surface area contributed by atoms with Gasteiger partial charge < -0.3 is 20.3 Å². The quantitative estimate of drug-likeness (QED) is 0.328. The summed E-state index contributed by atoms with van der Waals surface area (Å²) in [5.74, 6) is -0.166. The molecule has 0 atom stereocenters. The first-order valence-corrected chi connectivity index (χ1v) is 13.7. The number of anilines is 1. The molecule has 0 aliphatic carbocycles. The number of urea groups is 1. The molecule has 11 heteroatoms. The molecule has 1 aromatic heterocycles. The molecule has 1 aromatic carbocycles. The predicted molar refractivity (Wildman–Crippen MR) is 137 cm³/mol. The van der Waals surface area contributed by atoms with E-state index >= 15 is 0 Å². The van der Waals surface area contributed by atoms with E-state index in [4.69, 9.17) is 0 Å². The molecule has 1 aliphatic rings. The van der Waals surface area contributed by atoms with Crippen LogP contribution in [0.2, 0.25) is 0 Å². The minimum Gasteiger partial charge on any atom is -0.469 e. The number of nitrogens with one attached hydrogen (secondary N) is 2. The Kier molecular flexibility index (Phi) is 10.6. The fourth-order valence-corrected chi connectivity index (χ4v) is 5.40. The number of hydrogen-bond donors (Lipinski definition) is 2. The summed E-state index contributed by atoms with van der Waals surface area (Å²) in [6, 6.07) is 9.50. The van der Waals surface area contributed by atoms with Crippen LogP contribution < -0.4 is 10.6 Å². The van der Waals surface area contributed by atoms with E-state index in [1.54, 1.807) is 30.6 Å². The summed E-state index contributed by atoms with van der Waals surface area (Å²) >= 11 is 0. The molecule has 2 amide bonds. The van der Waals surface area contributed by atoms with Crippen LogP contribution in [0.15, 0.2) is 53.7 Å². The smallest absolute Gasteiger partial charge is 0.319 e. The minimum atomic E-state index is -3.59. The number of carbonyl (C=O) groups is 2. The summed E-state index contributed by atoms with van der Waals surface area (Å²) in [5.41, 5.74) is 1.39.